The van der Waals surface area contributed by atoms with Gasteiger partial charge in [0.2, 0.25) is 0 Å². The highest BCUT2D eigenvalue weighted by Crippen LogP contribution is 2.34. The molecule has 3 aliphatic heterocycles. The van der Waals surface area contributed by atoms with Crippen LogP contribution in [0.1, 0.15) is 32.6 Å². The van der Waals surface area contributed by atoms with E-state index in [1.54, 1.807) is 8.61 Å². The minimum atomic E-state index is -3.57. The summed E-state index contributed by atoms with van der Waals surface area (Å²) in [6.45, 7) is 4.66. The molecule has 3 rings (SSSR count). The number of rotatable bonds is 9. The fraction of sp³-hybridized carbons (Fsp3) is 1.00. The first-order valence-electron chi connectivity index (χ1n) is 10.4. The Kier molecular flexibility index (Phi) is 7.74. The van der Waals surface area contributed by atoms with Crippen LogP contribution < -0.4 is 11.1 Å². The molecule has 0 saturated carbocycles. The van der Waals surface area contributed by atoms with Gasteiger partial charge in [-0.15, -0.1) is 0 Å². The topological polar surface area (TPSA) is 119 Å². The van der Waals surface area contributed by atoms with E-state index in [0.717, 1.165) is 18.6 Å². The number of thioether (sulfide) groups is 1. The Morgan fingerprint density at radius 3 is 2.71 bits per heavy atom. The van der Waals surface area contributed by atoms with Crippen LogP contribution in [-0.2, 0) is 10.2 Å². The van der Waals surface area contributed by atoms with E-state index in [1.807, 2.05) is 18.7 Å². The van der Waals surface area contributed by atoms with Crippen molar-refractivity contribution in [3.8, 4) is 0 Å². The number of nitrogens with two attached hydrogens (primary N) is 1. The van der Waals surface area contributed by atoms with E-state index in [-0.39, 0.29) is 12.0 Å². The highest BCUT2D eigenvalue weighted by molar-refractivity contribution is 7.99. The standard InChI is InChI=1S/C17H35BN4O4S2/c1-17(19)13-21(11-15(17)5-2-6-18(23)24)28(25,26)22(16-8-20-9-16)10-14-4-3-7-27-12-14/h14-16,20,23-24H,2-13,19H2,1H3/t14?,15-,17-/m0/s1. The Balaban J connectivity index is 1.68. The summed E-state index contributed by atoms with van der Waals surface area (Å²) in [4.78, 5) is 0. The zero-order valence-corrected chi connectivity index (χ0v) is 18.4. The van der Waals surface area contributed by atoms with E-state index < -0.39 is 22.9 Å². The van der Waals surface area contributed by atoms with Crippen molar-refractivity contribution in [1.29, 1.82) is 0 Å². The normalized spacial score (nSPS) is 32.6. The zero-order chi connectivity index (χ0) is 20.4. The summed E-state index contributed by atoms with van der Waals surface area (Å²) in [7, 11) is -4.89. The Morgan fingerprint density at radius 2 is 2.14 bits per heavy atom. The van der Waals surface area contributed by atoms with Crippen molar-refractivity contribution >= 4 is 29.1 Å². The summed E-state index contributed by atoms with van der Waals surface area (Å²) in [5.41, 5.74) is 5.87. The Bertz CT molecular complexity index is 612. The lowest BCUT2D eigenvalue weighted by Crippen LogP contribution is -2.62. The molecule has 3 heterocycles. The van der Waals surface area contributed by atoms with Crippen molar-refractivity contribution in [1.82, 2.24) is 13.9 Å². The maximum absolute atomic E-state index is 13.5. The summed E-state index contributed by atoms with van der Waals surface area (Å²) < 4.78 is 30.4. The second-order valence-electron chi connectivity index (χ2n) is 8.88. The van der Waals surface area contributed by atoms with Gasteiger partial charge in [-0.2, -0.15) is 28.8 Å². The molecule has 5 N–H and O–H groups in total. The van der Waals surface area contributed by atoms with Crippen molar-refractivity contribution in [2.75, 3.05) is 44.2 Å². The summed E-state index contributed by atoms with van der Waals surface area (Å²) >= 11 is 1.93. The number of hydrogen-bond donors (Lipinski definition) is 4. The highest BCUT2D eigenvalue weighted by atomic mass is 32.2. The largest absolute Gasteiger partial charge is 0.451 e. The first-order chi connectivity index (χ1) is 13.2. The Morgan fingerprint density at radius 1 is 1.39 bits per heavy atom. The van der Waals surface area contributed by atoms with Crippen LogP contribution in [0.2, 0.25) is 6.32 Å². The molecule has 0 aliphatic carbocycles. The first-order valence-corrected chi connectivity index (χ1v) is 13.0. The van der Waals surface area contributed by atoms with Gasteiger partial charge < -0.3 is 21.1 Å². The van der Waals surface area contributed by atoms with E-state index in [1.165, 1.54) is 5.75 Å². The Labute approximate surface area is 173 Å². The minimum Gasteiger partial charge on any atom is -0.427 e. The van der Waals surface area contributed by atoms with Crippen LogP contribution in [0, 0.1) is 11.8 Å². The molecule has 1 unspecified atom stereocenters. The average Bonchev–Trinajstić information content (AvgIpc) is 2.89. The lowest BCUT2D eigenvalue weighted by atomic mass is 9.79. The van der Waals surface area contributed by atoms with Crippen molar-refractivity contribution in [3.05, 3.63) is 0 Å². The molecule has 0 aromatic rings. The maximum Gasteiger partial charge on any atom is 0.451 e. The van der Waals surface area contributed by atoms with Crippen LogP contribution in [0.4, 0.5) is 0 Å². The second-order valence-corrected chi connectivity index (χ2v) is 11.9. The van der Waals surface area contributed by atoms with E-state index in [0.29, 0.717) is 57.8 Å². The van der Waals surface area contributed by atoms with Gasteiger partial charge in [0.05, 0.1) is 6.04 Å². The molecule has 3 fully saturated rings. The van der Waals surface area contributed by atoms with Gasteiger partial charge in [0.1, 0.15) is 0 Å². The third kappa shape index (κ3) is 5.43. The summed E-state index contributed by atoms with van der Waals surface area (Å²) in [6.07, 6.45) is 3.87. The Hall–Kier alpha value is 0.125. The molecule has 162 valence electrons. The van der Waals surface area contributed by atoms with E-state index >= 15 is 0 Å². The molecule has 0 amide bonds. The van der Waals surface area contributed by atoms with Crippen LogP contribution >= 0.6 is 11.8 Å². The molecule has 0 aromatic heterocycles. The fourth-order valence-corrected chi connectivity index (χ4v) is 7.61. The number of nitrogens with zero attached hydrogens (tertiary/aromatic N) is 2. The maximum atomic E-state index is 13.5. The average molecular weight is 434 g/mol. The molecule has 0 bridgehead atoms. The molecule has 0 aromatic carbocycles. The predicted molar refractivity (Wildman–Crippen MR) is 114 cm³/mol. The van der Waals surface area contributed by atoms with Gasteiger partial charge in [-0.3, -0.25) is 0 Å². The zero-order valence-electron chi connectivity index (χ0n) is 16.8. The molecular formula is C17H35BN4O4S2. The van der Waals surface area contributed by atoms with Gasteiger partial charge in [0.25, 0.3) is 10.2 Å². The van der Waals surface area contributed by atoms with Gasteiger partial charge in [-0.1, -0.05) is 6.42 Å². The highest BCUT2D eigenvalue weighted by Gasteiger charge is 2.48. The molecular weight excluding hydrogens is 399 g/mol. The molecule has 3 aliphatic rings. The van der Waals surface area contributed by atoms with Crippen molar-refractivity contribution < 1.29 is 18.5 Å². The predicted octanol–water partition coefficient (Wildman–Crippen LogP) is -0.450. The molecule has 3 saturated heterocycles. The number of nitrogens with one attached hydrogen (secondary N) is 1. The van der Waals surface area contributed by atoms with Gasteiger partial charge in [0.15, 0.2) is 0 Å². The summed E-state index contributed by atoms with van der Waals surface area (Å²) in [5.74, 6) is 2.65. The van der Waals surface area contributed by atoms with E-state index in [4.69, 9.17) is 15.8 Å². The fourth-order valence-electron chi connectivity index (χ4n) is 4.43. The molecule has 11 heteroatoms. The van der Waals surface area contributed by atoms with E-state index in [9.17, 15) is 8.42 Å². The monoisotopic (exact) mass is 434 g/mol. The first kappa shape index (κ1) is 22.8. The van der Waals surface area contributed by atoms with Gasteiger partial charge >= 0.3 is 7.12 Å². The van der Waals surface area contributed by atoms with Gasteiger partial charge in [0, 0.05) is 38.3 Å². The van der Waals surface area contributed by atoms with Crippen molar-refractivity contribution in [2.45, 2.75) is 50.5 Å². The van der Waals surface area contributed by atoms with Crippen LogP contribution in [0.25, 0.3) is 0 Å². The van der Waals surface area contributed by atoms with Crippen LogP contribution in [0.5, 0.6) is 0 Å². The van der Waals surface area contributed by atoms with Crippen molar-refractivity contribution in [2.24, 2.45) is 17.6 Å². The van der Waals surface area contributed by atoms with Gasteiger partial charge in [-0.05, 0) is 55.8 Å². The second kappa shape index (κ2) is 9.51. The quantitative estimate of drug-likeness (QED) is 0.363. The van der Waals surface area contributed by atoms with Gasteiger partial charge in [-0.25, -0.2) is 0 Å². The molecule has 3 atom stereocenters. The van der Waals surface area contributed by atoms with Crippen molar-refractivity contribution in [3.63, 3.8) is 0 Å². The third-order valence-corrected chi connectivity index (χ3v) is 9.63. The summed E-state index contributed by atoms with van der Waals surface area (Å²) in [5, 5.41) is 21.3. The van der Waals surface area contributed by atoms with Crippen LogP contribution in [0.3, 0.4) is 0 Å². The molecule has 0 spiro atoms. The lowest BCUT2D eigenvalue weighted by Gasteiger charge is -2.41. The summed E-state index contributed by atoms with van der Waals surface area (Å²) in [6, 6.07) is 0.0320. The lowest BCUT2D eigenvalue weighted by molar-refractivity contribution is 0.203. The molecule has 8 nitrogen and oxygen atoms in total. The van der Waals surface area contributed by atoms with Crippen LogP contribution in [-0.4, -0.2) is 90.0 Å². The smallest absolute Gasteiger partial charge is 0.427 e. The number of hydrogen-bond acceptors (Lipinski definition) is 7. The van der Waals surface area contributed by atoms with E-state index in [2.05, 4.69) is 5.32 Å². The van der Waals surface area contributed by atoms with Crippen LogP contribution in [0.15, 0.2) is 0 Å². The SMILES string of the molecule is C[C@]1(N)CN(S(=O)(=O)N(CC2CCCSC2)C2CNC2)C[C@@H]1CCCB(O)O. The molecule has 28 heavy (non-hydrogen) atoms. The molecule has 0 radical (unpaired) electrons. The third-order valence-electron chi connectivity index (χ3n) is 6.37. The minimum absolute atomic E-state index is 0.0210.